The summed E-state index contributed by atoms with van der Waals surface area (Å²) in [6, 6.07) is 0.662. The Kier molecular flexibility index (Phi) is 5.81. The van der Waals surface area contributed by atoms with Gasteiger partial charge in [-0.3, -0.25) is 4.79 Å². The maximum Gasteiger partial charge on any atom is 0.303 e. The first kappa shape index (κ1) is 13.5. The second-order valence-corrected chi connectivity index (χ2v) is 5.02. The number of nitrogens with one attached hydrogen (secondary N) is 1. The molecule has 3 nitrogen and oxygen atoms in total. The summed E-state index contributed by atoms with van der Waals surface area (Å²) in [5, 5.41) is 12.1. The second-order valence-electron chi connectivity index (χ2n) is 5.02. The van der Waals surface area contributed by atoms with Gasteiger partial charge in [-0.2, -0.15) is 0 Å². The third-order valence-electron chi connectivity index (χ3n) is 3.98. The van der Waals surface area contributed by atoms with Crippen LogP contribution in [0.1, 0.15) is 52.4 Å². The molecular formula is C13H25NO2. The van der Waals surface area contributed by atoms with Crippen molar-refractivity contribution in [3.8, 4) is 0 Å². The van der Waals surface area contributed by atoms with Crippen LogP contribution >= 0.6 is 0 Å². The van der Waals surface area contributed by atoms with E-state index in [1.54, 1.807) is 0 Å². The summed E-state index contributed by atoms with van der Waals surface area (Å²) >= 11 is 0. The Labute approximate surface area is 98.6 Å². The van der Waals surface area contributed by atoms with E-state index < -0.39 is 5.97 Å². The van der Waals surface area contributed by atoms with Crippen molar-refractivity contribution in [3.63, 3.8) is 0 Å². The molecular weight excluding hydrogens is 202 g/mol. The van der Waals surface area contributed by atoms with Gasteiger partial charge < -0.3 is 10.4 Å². The minimum Gasteiger partial charge on any atom is -0.481 e. The normalized spacial score (nSPS) is 29.5. The van der Waals surface area contributed by atoms with Crippen LogP contribution in [0.25, 0.3) is 0 Å². The summed E-state index contributed by atoms with van der Waals surface area (Å²) in [4.78, 5) is 10.3. The summed E-state index contributed by atoms with van der Waals surface area (Å²) in [6.45, 7) is 5.59. The van der Waals surface area contributed by atoms with E-state index in [0.717, 1.165) is 31.2 Å². The predicted octanol–water partition coefficient (Wildman–Crippen LogP) is 2.66. The zero-order chi connectivity index (χ0) is 12.0. The van der Waals surface area contributed by atoms with E-state index >= 15 is 0 Å². The Morgan fingerprint density at radius 2 is 2.12 bits per heavy atom. The molecule has 0 aliphatic heterocycles. The summed E-state index contributed by atoms with van der Waals surface area (Å²) in [6.07, 6.45) is 6.01. The summed E-state index contributed by atoms with van der Waals surface area (Å²) in [5.41, 5.74) is 0. The summed E-state index contributed by atoms with van der Waals surface area (Å²) in [7, 11) is 0. The maximum atomic E-state index is 10.3. The zero-order valence-corrected chi connectivity index (χ0v) is 10.5. The van der Waals surface area contributed by atoms with Crippen LogP contribution in [0.5, 0.6) is 0 Å². The Morgan fingerprint density at radius 1 is 1.38 bits per heavy atom. The van der Waals surface area contributed by atoms with Crippen LogP contribution in [0.3, 0.4) is 0 Å². The number of unbranched alkanes of at least 4 members (excludes halogenated alkanes) is 1. The number of carboxylic acid groups (broad SMARTS) is 1. The molecule has 0 aromatic rings. The topological polar surface area (TPSA) is 49.3 Å². The Bertz CT molecular complexity index is 218. The molecule has 0 radical (unpaired) electrons. The van der Waals surface area contributed by atoms with Gasteiger partial charge >= 0.3 is 5.97 Å². The lowest BCUT2D eigenvalue weighted by molar-refractivity contribution is -0.137. The molecule has 2 N–H and O–H groups in total. The highest BCUT2D eigenvalue weighted by Crippen LogP contribution is 2.33. The highest BCUT2D eigenvalue weighted by atomic mass is 16.4. The average Bonchev–Trinajstić information content (AvgIpc) is 2.59. The number of hydrogen-bond acceptors (Lipinski definition) is 2. The molecule has 0 aromatic carbocycles. The third-order valence-corrected chi connectivity index (χ3v) is 3.98. The molecule has 1 aliphatic carbocycles. The van der Waals surface area contributed by atoms with E-state index in [9.17, 15) is 4.79 Å². The van der Waals surface area contributed by atoms with Gasteiger partial charge in [0, 0.05) is 12.5 Å². The first-order valence-electron chi connectivity index (χ1n) is 6.60. The van der Waals surface area contributed by atoms with Gasteiger partial charge in [0.15, 0.2) is 0 Å². The third kappa shape index (κ3) is 4.12. The van der Waals surface area contributed by atoms with Crippen LogP contribution in [-0.4, -0.2) is 23.7 Å². The molecule has 1 fully saturated rings. The monoisotopic (exact) mass is 227 g/mol. The molecule has 0 saturated heterocycles. The Morgan fingerprint density at radius 3 is 2.69 bits per heavy atom. The predicted molar refractivity (Wildman–Crippen MR) is 65.5 cm³/mol. The number of hydrogen-bond donors (Lipinski definition) is 2. The average molecular weight is 227 g/mol. The second kappa shape index (κ2) is 6.89. The molecule has 0 aromatic heterocycles. The Balaban J connectivity index is 2.07. The number of carboxylic acids is 1. The van der Waals surface area contributed by atoms with E-state index in [2.05, 4.69) is 19.2 Å². The quantitative estimate of drug-likeness (QED) is 0.657. The summed E-state index contributed by atoms with van der Waals surface area (Å²) < 4.78 is 0. The first-order chi connectivity index (χ1) is 7.65. The van der Waals surface area contributed by atoms with Crippen molar-refractivity contribution in [1.29, 1.82) is 0 Å². The van der Waals surface area contributed by atoms with Crippen molar-refractivity contribution in [2.75, 3.05) is 6.54 Å². The first-order valence-corrected chi connectivity index (χ1v) is 6.60. The molecule has 16 heavy (non-hydrogen) atoms. The Hall–Kier alpha value is -0.570. The van der Waals surface area contributed by atoms with Crippen LogP contribution in [0, 0.1) is 11.8 Å². The lowest BCUT2D eigenvalue weighted by atomic mass is 9.93. The van der Waals surface area contributed by atoms with Crippen molar-refractivity contribution in [2.45, 2.75) is 58.4 Å². The van der Waals surface area contributed by atoms with Crippen molar-refractivity contribution in [1.82, 2.24) is 5.32 Å². The fourth-order valence-corrected chi connectivity index (χ4v) is 2.80. The zero-order valence-electron chi connectivity index (χ0n) is 10.5. The van der Waals surface area contributed by atoms with E-state index in [-0.39, 0.29) is 0 Å². The molecule has 0 heterocycles. The van der Waals surface area contributed by atoms with Crippen LogP contribution in [-0.2, 0) is 4.79 Å². The van der Waals surface area contributed by atoms with Crippen molar-refractivity contribution < 1.29 is 9.90 Å². The largest absolute Gasteiger partial charge is 0.481 e. The maximum absolute atomic E-state index is 10.3. The van der Waals surface area contributed by atoms with Crippen molar-refractivity contribution in [2.24, 2.45) is 11.8 Å². The van der Waals surface area contributed by atoms with Gasteiger partial charge in [0.2, 0.25) is 0 Å². The van der Waals surface area contributed by atoms with Gasteiger partial charge in [-0.05, 0) is 44.1 Å². The van der Waals surface area contributed by atoms with Crippen LogP contribution in [0.15, 0.2) is 0 Å². The molecule has 3 unspecified atom stereocenters. The van der Waals surface area contributed by atoms with E-state index in [1.807, 2.05) is 0 Å². The summed E-state index contributed by atoms with van der Waals surface area (Å²) in [5.74, 6) is 0.987. The van der Waals surface area contributed by atoms with Crippen LogP contribution < -0.4 is 5.32 Å². The van der Waals surface area contributed by atoms with E-state index in [0.29, 0.717) is 12.5 Å². The van der Waals surface area contributed by atoms with Gasteiger partial charge in [-0.15, -0.1) is 0 Å². The lowest BCUT2D eigenvalue weighted by Crippen LogP contribution is -2.33. The molecule has 3 heteroatoms. The number of aliphatic carboxylic acids is 1. The molecule has 1 rings (SSSR count). The number of carbonyl (C=O) groups is 1. The standard InChI is InChI=1S/C13H25NO2/c1-3-11-7-8-12(10(11)2)14-9-5-4-6-13(15)16/h10-12,14H,3-9H2,1-2H3,(H,15,16). The minimum atomic E-state index is -0.680. The molecule has 94 valence electrons. The molecule has 0 amide bonds. The SMILES string of the molecule is CCC1CCC(NCCCCC(=O)O)C1C. The molecule has 0 bridgehead atoms. The van der Waals surface area contributed by atoms with Gasteiger partial charge in [-0.25, -0.2) is 0 Å². The minimum absolute atomic E-state index is 0.305. The molecule has 1 saturated carbocycles. The highest BCUT2D eigenvalue weighted by Gasteiger charge is 2.30. The van der Waals surface area contributed by atoms with E-state index in [1.165, 1.54) is 19.3 Å². The molecule has 1 aliphatic rings. The van der Waals surface area contributed by atoms with Crippen molar-refractivity contribution >= 4 is 5.97 Å². The van der Waals surface area contributed by atoms with Crippen LogP contribution in [0.4, 0.5) is 0 Å². The van der Waals surface area contributed by atoms with Gasteiger partial charge in [0.1, 0.15) is 0 Å². The van der Waals surface area contributed by atoms with Gasteiger partial charge in [0.25, 0.3) is 0 Å². The highest BCUT2D eigenvalue weighted by molar-refractivity contribution is 5.66. The van der Waals surface area contributed by atoms with Gasteiger partial charge in [0.05, 0.1) is 0 Å². The van der Waals surface area contributed by atoms with Gasteiger partial charge in [-0.1, -0.05) is 20.3 Å². The van der Waals surface area contributed by atoms with E-state index in [4.69, 9.17) is 5.11 Å². The lowest BCUT2D eigenvalue weighted by Gasteiger charge is -2.20. The fourth-order valence-electron chi connectivity index (χ4n) is 2.80. The molecule has 0 spiro atoms. The smallest absolute Gasteiger partial charge is 0.303 e. The van der Waals surface area contributed by atoms with Crippen LogP contribution in [0.2, 0.25) is 0 Å². The fraction of sp³-hybridized carbons (Fsp3) is 0.923. The molecule has 3 atom stereocenters. The van der Waals surface area contributed by atoms with Crippen molar-refractivity contribution in [3.05, 3.63) is 0 Å². The number of rotatable bonds is 7.